The summed E-state index contributed by atoms with van der Waals surface area (Å²) in [6.45, 7) is 6.88. The zero-order valence-electron chi connectivity index (χ0n) is 12.9. The SMILES string of the molecule is CC(C)NCc1coc(CN(C)Cc2ccc(Br)cc2)c1. The minimum Gasteiger partial charge on any atom is -0.468 e. The van der Waals surface area contributed by atoms with E-state index in [4.69, 9.17) is 4.42 Å². The highest BCUT2D eigenvalue weighted by molar-refractivity contribution is 9.10. The Balaban J connectivity index is 1.84. The summed E-state index contributed by atoms with van der Waals surface area (Å²) in [5.74, 6) is 1.01. The summed E-state index contributed by atoms with van der Waals surface area (Å²) in [6.07, 6.45) is 1.85. The van der Waals surface area contributed by atoms with Gasteiger partial charge < -0.3 is 9.73 Å². The summed E-state index contributed by atoms with van der Waals surface area (Å²) < 4.78 is 6.75. The van der Waals surface area contributed by atoms with E-state index in [1.165, 1.54) is 11.1 Å². The smallest absolute Gasteiger partial charge is 0.118 e. The Morgan fingerprint density at radius 3 is 2.52 bits per heavy atom. The number of hydrogen-bond acceptors (Lipinski definition) is 3. The molecule has 3 nitrogen and oxygen atoms in total. The van der Waals surface area contributed by atoms with Gasteiger partial charge in [0.25, 0.3) is 0 Å². The van der Waals surface area contributed by atoms with E-state index in [0.717, 1.165) is 29.9 Å². The third kappa shape index (κ3) is 5.65. The van der Waals surface area contributed by atoms with E-state index in [1.807, 2.05) is 6.26 Å². The highest BCUT2D eigenvalue weighted by Crippen LogP contribution is 2.14. The molecule has 0 saturated carbocycles. The van der Waals surface area contributed by atoms with Crippen molar-refractivity contribution in [1.29, 1.82) is 0 Å². The first kappa shape index (κ1) is 16.3. The Hall–Kier alpha value is -1.10. The van der Waals surface area contributed by atoms with Gasteiger partial charge in [0.05, 0.1) is 12.8 Å². The Kier molecular flexibility index (Phi) is 6.03. The number of benzene rings is 1. The van der Waals surface area contributed by atoms with E-state index in [0.29, 0.717) is 6.04 Å². The van der Waals surface area contributed by atoms with E-state index in [-0.39, 0.29) is 0 Å². The maximum absolute atomic E-state index is 5.64. The largest absolute Gasteiger partial charge is 0.468 e. The second-order valence-corrected chi connectivity index (χ2v) is 6.67. The summed E-state index contributed by atoms with van der Waals surface area (Å²) in [6, 6.07) is 11.1. The number of halogens is 1. The maximum atomic E-state index is 5.64. The van der Waals surface area contributed by atoms with E-state index < -0.39 is 0 Å². The molecule has 1 aromatic carbocycles. The van der Waals surface area contributed by atoms with Crippen LogP contribution < -0.4 is 5.32 Å². The van der Waals surface area contributed by atoms with Crippen molar-refractivity contribution in [3.05, 3.63) is 58.0 Å². The number of rotatable bonds is 7. The van der Waals surface area contributed by atoms with Gasteiger partial charge in [-0.1, -0.05) is 41.9 Å². The van der Waals surface area contributed by atoms with Gasteiger partial charge in [-0.2, -0.15) is 0 Å². The monoisotopic (exact) mass is 350 g/mol. The average molecular weight is 351 g/mol. The molecule has 0 fully saturated rings. The van der Waals surface area contributed by atoms with Crippen LogP contribution in [0.15, 0.2) is 45.5 Å². The van der Waals surface area contributed by atoms with Crippen LogP contribution in [0.1, 0.15) is 30.7 Å². The van der Waals surface area contributed by atoms with E-state index >= 15 is 0 Å². The second-order valence-electron chi connectivity index (χ2n) is 5.76. The standard InChI is InChI=1S/C17H23BrN2O/c1-13(2)19-9-15-8-17(21-12-15)11-20(3)10-14-4-6-16(18)7-5-14/h4-8,12-13,19H,9-11H2,1-3H3. The number of nitrogens with zero attached hydrogens (tertiary/aromatic N) is 1. The highest BCUT2D eigenvalue weighted by atomic mass is 79.9. The van der Waals surface area contributed by atoms with Crippen LogP contribution in [-0.4, -0.2) is 18.0 Å². The summed E-state index contributed by atoms with van der Waals surface area (Å²) in [5.41, 5.74) is 2.50. The van der Waals surface area contributed by atoms with Crippen molar-refractivity contribution in [2.75, 3.05) is 7.05 Å². The van der Waals surface area contributed by atoms with Crippen molar-refractivity contribution in [1.82, 2.24) is 10.2 Å². The minimum absolute atomic E-state index is 0.489. The van der Waals surface area contributed by atoms with Crippen molar-refractivity contribution < 1.29 is 4.42 Å². The molecule has 2 aromatic rings. The molecule has 114 valence electrons. The van der Waals surface area contributed by atoms with Gasteiger partial charge in [-0.25, -0.2) is 0 Å². The summed E-state index contributed by atoms with van der Waals surface area (Å²) >= 11 is 3.46. The third-order valence-electron chi connectivity index (χ3n) is 3.21. The zero-order chi connectivity index (χ0) is 15.2. The van der Waals surface area contributed by atoms with Gasteiger partial charge in [0.15, 0.2) is 0 Å². The molecule has 0 saturated heterocycles. The molecule has 2 rings (SSSR count). The fraction of sp³-hybridized carbons (Fsp3) is 0.412. The molecular formula is C17H23BrN2O. The number of hydrogen-bond donors (Lipinski definition) is 1. The molecule has 0 amide bonds. The summed E-state index contributed by atoms with van der Waals surface area (Å²) in [4.78, 5) is 2.25. The zero-order valence-corrected chi connectivity index (χ0v) is 14.5. The van der Waals surface area contributed by atoms with Crippen LogP contribution >= 0.6 is 15.9 Å². The lowest BCUT2D eigenvalue weighted by Crippen LogP contribution is -2.21. The van der Waals surface area contributed by atoms with Gasteiger partial charge >= 0.3 is 0 Å². The first-order valence-electron chi connectivity index (χ1n) is 7.25. The Morgan fingerprint density at radius 2 is 1.86 bits per heavy atom. The van der Waals surface area contributed by atoms with Crippen LogP contribution in [-0.2, 0) is 19.6 Å². The Labute approximate surface area is 135 Å². The molecule has 1 heterocycles. The molecular weight excluding hydrogens is 328 g/mol. The van der Waals surface area contributed by atoms with Crippen LogP contribution in [0.4, 0.5) is 0 Å². The second kappa shape index (κ2) is 7.78. The fourth-order valence-corrected chi connectivity index (χ4v) is 2.41. The van der Waals surface area contributed by atoms with Crippen LogP contribution in [0, 0.1) is 0 Å². The maximum Gasteiger partial charge on any atom is 0.118 e. The molecule has 0 aliphatic heterocycles. The topological polar surface area (TPSA) is 28.4 Å². The Morgan fingerprint density at radius 1 is 1.14 bits per heavy atom. The van der Waals surface area contributed by atoms with Crippen molar-refractivity contribution in [2.45, 2.75) is 39.5 Å². The lowest BCUT2D eigenvalue weighted by atomic mass is 10.2. The van der Waals surface area contributed by atoms with Gasteiger partial charge in [0.2, 0.25) is 0 Å². The molecule has 0 spiro atoms. The van der Waals surface area contributed by atoms with Gasteiger partial charge in [0.1, 0.15) is 5.76 Å². The molecule has 0 unspecified atom stereocenters. The minimum atomic E-state index is 0.489. The van der Waals surface area contributed by atoms with Crippen molar-refractivity contribution in [2.24, 2.45) is 0 Å². The molecule has 1 aromatic heterocycles. The van der Waals surface area contributed by atoms with Crippen molar-refractivity contribution in [3.8, 4) is 0 Å². The van der Waals surface area contributed by atoms with E-state index in [1.54, 1.807) is 0 Å². The Bertz CT molecular complexity index is 548. The van der Waals surface area contributed by atoms with Gasteiger partial charge in [-0.15, -0.1) is 0 Å². The normalized spacial score (nSPS) is 11.5. The van der Waals surface area contributed by atoms with Crippen LogP contribution in [0.5, 0.6) is 0 Å². The quantitative estimate of drug-likeness (QED) is 0.812. The number of furan rings is 1. The fourth-order valence-electron chi connectivity index (χ4n) is 2.15. The van der Waals surface area contributed by atoms with Gasteiger partial charge in [0, 0.05) is 29.2 Å². The van der Waals surface area contributed by atoms with Crippen molar-refractivity contribution in [3.63, 3.8) is 0 Å². The number of nitrogens with one attached hydrogen (secondary N) is 1. The first-order valence-corrected chi connectivity index (χ1v) is 8.05. The average Bonchev–Trinajstić information content (AvgIpc) is 2.86. The molecule has 1 N–H and O–H groups in total. The summed E-state index contributed by atoms with van der Waals surface area (Å²) in [7, 11) is 2.11. The van der Waals surface area contributed by atoms with E-state index in [9.17, 15) is 0 Å². The predicted molar refractivity (Wildman–Crippen MR) is 90.0 cm³/mol. The summed E-state index contributed by atoms with van der Waals surface area (Å²) in [5, 5.41) is 3.40. The molecule has 4 heteroatoms. The molecule has 0 atom stereocenters. The van der Waals surface area contributed by atoms with Crippen LogP contribution in [0.3, 0.4) is 0 Å². The van der Waals surface area contributed by atoms with Crippen molar-refractivity contribution >= 4 is 15.9 Å². The van der Waals surface area contributed by atoms with Gasteiger partial charge in [-0.3, -0.25) is 4.90 Å². The first-order chi connectivity index (χ1) is 10.0. The highest BCUT2D eigenvalue weighted by Gasteiger charge is 2.07. The predicted octanol–water partition coefficient (Wildman–Crippen LogP) is 4.17. The lowest BCUT2D eigenvalue weighted by molar-refractivity contribution is 0.288. The van der Waals surface area contributed by atoms with E-state index in [2.05, 4.69) is 77.4 Å². The molecule has 0 aliphatic rings. The molecule has 0 bridgehead atoms. The molecule has 0 aliphatic carbocycles. The van der Waals surface area contributed by atoms with Gasteiger partial charge in [-0.05, 0) is 30.8 Å². The third-order valence-corrected chi connectivity index (χ3v) is 3.74. The molecule has 0 radical (unpaired) electrons. The van der Waals surface area contributed by atoms with Crippen LogP contribution in [0.2, 0.25) is 0 Å². The lowest BCUT2D eigenvalue weighted by Gasteiger charge is -2.15. The molecule has 21 heavy (non-hydrogen) atoms. The van der Waals surface area contributed by atoms with Crippen LogP contribution in [0.25, 0.3) is 0 Å².